The molecule has 0 saturated heterocycles. The van der Waals surface area contributed by atoms with Crippen LogP contribution in [-0.2, 0) is 107 Å². The third-order valence-electron chi connectivity index (χ3n) is 18.2. The van der Waals surface area contributed by atoms with Gasteiger partial charge < -0.3 is 28.4 Å². The molecule has 8 aromatic rings. The van der Waals surface area contributed by atoms with Gasteiger partial charge >= 0.3 is 35.8 Å². The zero-order valence-corrected chi connectivity index (χ0v) is 62.9. The van der Waals surface area contributed by atoms with Crippen molar-refractivity contribution in [3.8, 4) is 0 Å². The fourth-order valence-corrected chi connectivity index (χ4v) is 12.8. The highest BCUT2D eigenvalue weighted by Gasteiger charge is 2.36. The Balaban J connectivity index is 0.000000331. The van der Waals surface area contributed by atoms with Crippen molar-refractivity contribution in [3.63, 3.8) is 0 Å². The average molecular weight is 1670 g/mol. The largest absolute Gasteiger partial charge is 0.457 e. The van der Waals surface area contributed by atoms with E-state index in [1.54, 1.807) is 41.5 Å². The van der Waals surface area contributed by atoms with Crippen LogP contribution in [0.4, 0.5) is 68.2 Å². The lowest BCUT2D eigenvalue weighted by Gasteiger charge is -2.25. The summed E-state index contributed by atoms with van der Waals surface area (Å²) in [5.74, 6) is -7.60. The summed E-state index contributed by atoms with van der Waals surface area (Å²) in [6, 6.07) is 13.6. The number of rotatable bonds is 36. The molecule has 0 radical (unpaired) electrons. The van der Waals surface area contributed by atoms with Crippen LogP contribution >= 0.6 is 0 Å². The number of nitro benzene ring substituents is 12. The van der Waals surface area contributed by atoms with Gasteiger partial charge in [-0.3, -0.25) is 121 Å². The van der Waals surface area contributed by atoms with Crippen molar-refractivity contribution < 1.29 is 116 Å². The van der Waals surface area contributed by atoms with Gasteiger partial charge in [0.1, 0.15) is 73.0 Å². The quantitative estimate of drug-likeness (QED) is 0.0152. The second-order valence-electron chi connectivity index (χ2n) is 24.6. The lowest BCUT2D eigenvalue weighted by atomic mass is 9.84. The molecule has 0 spiro atoms. The number of hydrogen-bond donors (Lipinski definition) is 0. The number of nitro groups is 12. The van der Waals surface area contributed by atoms with Gasteiger partial charge in [0.15, 0.2) is 0 Å². The van der Waals surface area contributed by atoms with Crippen LogP contribution in [-0.4, -0.2) is 94.9 Å². The van der Waals surface area contributed by atoms with Crippen LogP contribution in [0.1, 0.15) is 170 Å². The van der Waals surface area contributed by atoms with E-state index in [-0.39, 0.29) is 71.9 Å². The Morgan fingerprint density at radius 1 is 0.200 bits per heavy atom. The predicted molar refractivity (Wildman–Crippen MR) is 402 cm³/mol. The Bertz CT molecular complexity index is 4760. The Labute approximate surface area is 668 Å². The Kier molecular flexibility index (Phi) is 29.8. The highest BCUT2D eigenvalue weighted by Crippen LogP contribution is 2.39. The van der Waals surface area contributed by atoms with Crippen molar-refractivity contribution in [3.05, 3.63) is 331 Å². The van der Waals surface area contributed by atoms with Crippen molar-refractivity contribution >= 4 is 104 Å². The molecule has 48 nitrogen and oxygen atoms in total. The first-order chi connectivity index (χ1) is 56.7. The highest BCUT2D eigenvalue weighted by molar-refractivity contribution is 5.98. The van der Waals surface area contributed by atoms with E-state index in [2.05, 4.69) is 0 Å². The normalized spacial score (nSPS) is 10.7. The summed E-state index contributed by atoms with van der Waals surface area (Å²) in [5.41, 5.74) is -9.69. The summed E-state index contributed by atoms with van der Waals surface area (Å²) < 4.78 is 33.1. The molecule has 0 aliphatic heterocycles. The maximum absolute atomic E-state index is 13.3. The molecule has 0 N–H and O–H groups in total. The molecule has 0 unspecified atom stereocenters. The molecule has 120 heavy (non-hydrogen) atoms. The first-order valence-electron chi connectivity index (χ1n) is 34.7. The number of non-ortho nitro benzene ring substituents is 6. The summed E-state index contributed by atoms with van der Waals surface area (Å²) in [6.07, 6.45) is 0.775. The monoisotopic (exact) mass is 1670 g/mol. The molecule has 0 aromatic heterocycles. The van der Waals surface area contributed by atoms with E-state index in [1.807, 2.05) is 0 Å². The fourth-order valence-electron chi connectivity index (χ4n) is 12.8. The van der Waals surface area contributed by atoms with Crippen LogP contribution in [0.5, 0.6) is 0 Å². The lowest BCUT2D eigenvalue weighted by Crippen LogP contribution is -2.19. The van der Waals surface area contributed by atoms with E-state index >= 15 is 0 Å². The second-order valence-corrected chi connectivity index (χ2v) is 24.6. The van der Waals surface area contributed by atoms with Gasteiger partial charge in [0.2, 0.25) is 0 Å². The molecule has 0 aliphatic rings. The SMILES string of the molecule is CCc1c(COC(=O)c2ccc([N+](=O)[O-])cc2[N+](=O)[O-])c(CC)c(COC(=O)c2ccc([N+](=O)[O-])cc2[N+](=O)[O-])c(CC)c1COC(=O)c1ccc([N+](=O)[O-])cc1[N+](=O)[O-].CCc1c(COC(=O)c2ccc([N+](=O)[O-])cc2[N+](=O)[O-])c(CC)c(COC(=O)c2ccc([N+](=O)[O-])cc2[N+](=O)[O-])c(CC)c1COC(=O)c1ccc([N+](=O)[O-])cc1[N+](=O)[O-]. The maximum Gasteiger partial charge on any atom is 0.345 e. The van der Waals surface area contributed by atoms with E-state index in [0.29, 0.717) is 69.8 Å². The van der Waals surface area contributed by atoms with Crippen LogP contribution in [0.25, 0.3) is 0 Å². The zero-order chi connectivity index (χ0) is 89.2. The van der Waals surface area contributed by atoms with Gasteiger partial charge in [0.05, 0.1) is 95.5 Å². The van der Waals surface area contributed by atoms with Crippen molar-refractivity contribution in [1.29, 1.82) is 0 Å². The smallest absolute Gasteiger partial charge is 0.345 e. The van der Waals surface area contributed by atoms with Gasteiger partial charge in [0, 0.05) is 36.4 Å². The maximum atomic E-state index is 13.3. The molecule has 0 atom stereocenters. The number of hydrogen-bond acceptors (Lipinski definition) is 36. The number of benzene rings is 8. The van der Waals surface area contributed by atoms with Gasteiger partial charge in [-0.25, -0.2) is 28.8 Å². The summed E-state index contributed by atoms with van der Waals surface area (Å²) in [5, 5.41) is 138. The first-order valence-corrected chi connectivity index (χ1v) is 34.7. The van der Waals surface area contributed by atoms with E-state index in [0.717, 1.165) is 72.8 Å². The number of nitrogens with zero attached hydrogens (tertiary/aromatic N) is 12. The van der Waals surface area contributed by atoms with Crippen LogP contribution < -0.4 is 0 Å². The third kappa shape index (κ3) is 20.5. The Morgan fingerprint density at radius 3 is 0.408 bits per heavy atom. The van der Waals surface area contributed by atoms with Gasteiger partial charge in [-0.15, -0.1) is 0 Å². The predicted octanol–water partition coefficient (Wildman–Crippen LogP) is 13.8. The molecule has 0 bridgehead atoms. The number of ether oxygens (including phenoxy) is 6. The summed E-state index contributed by atoms with van der Waals surface area (Å²) in [7, 11) is 0. The number of carbonyl (C=O) groups excluding carboxylic acids is 6. The zero-order valence-electron chi connectivity index (χ0n) is 62.9. The van der Waals surface area contributed by atoms with Gasteiger partial charge in [-0.2, -0.15) is 0 Å². The third-order valence-corrected chi connectivity index (χ3v) is 18.2. The lowest BCUT2D eigenvalue weighted by molar-refractivity contribution is -0.394. The topological polar surface area (TPSA) is 675 Å². The minimum atomic E-state index is -1.27. The molecule has 8 aromatic carbocycles. The van der Waals surface area contributed by atoms with E-state index in [9.17, 15) is 150 Å². The highest BCUT2D eigenvalue weighted by atomic mass is 16.7. The summed E-state index contributed by atoms with van der Waals surface area (Å²) >= 11 is 0. The molecule has 0 saturated carbocycles. The van der Waals surface area contributed by atoms with E-state index in [4.69, 9.17) is 28.4 Å². The number of esters is 6. The Morgan fingerprint density at radius 2 is 0.317 bits per heavy atom. The molecule has 0 amide bonds. The van der Waals surface area contributed by atoms with Crippen molar-refractivity contribution in [2.75, 3.05) is 0 Å². The van der Waals surface area contributed by atoms with E-state index < -0.39 is 236 Å². The fraction of sp³-hybridized carbons (Fsp3) is 0.250. The van der Waals surface area contributed by atoms with Gasteiger partial charge in [-0.1, -0.05) is 41.5 Å². The van der Waals surface area contributed by atoms with Crippen molar-refractivity contribution in [1.82, 2.24) is 0 Å². The molecular formula is C72H60N12O36. The second kappa shape index (κ2) is 39.4. The van der Waals surface area contributed by atoms with Crippen LogP contribution in [0, 0.1) is 121 Å². The van der Waals surface area contributed by atoms with Gasteiger partial charge in [-0.05, 0) is 142 Å². The molecule has 0 fully saturated rings. The van der Waals surface area contributed by atoms with Gasteiger partial charge in [0.25, 0.3) is 68.2 Å². The minimum Gasteiger partial charge on any atom is -0.457 e. The molecular weight excluding hydrogens is 1610 g/mol. The van der Waals surface area contributed by atoms with Crippen LogP contribution in [0.3, 0.4) is 0 Å². The van der Waals surface area contributed by atoms with Crippen molar-refractivity contribution in [2.45, 2.75) is 120 Å². The van der Waals surface area contributed by atoms with Crippen LogP contribution in [0.15, 0.2) is 109 Å². The first kappa shape index (κ1) is 90.6. The Hall–Kier alpha value is -16.6. The molecule has 0 heterocycles. The molecule has 8 rings (SSSR count). The molecule has 0 aliphatic carbocycles. The summed E-state index contributed by atoms with van der Waals surface area (Å²) in [6.45, 7) is 6.21. The van der Waals surface area contributed by atoms with Crippen LogP contribution in [0.2, 0.25) is 0 Å². The minimum absolute atomic E-state index is 0.129. The standard InChI is InChI=1S/2C36H30N6O18/c2*1-4-22-28(16-58-34(43)25-10-7-19(37(46)47)13-31(25)40(52)53)23(5-2)30(18-60-36(45)27-12-9-21(39(50)51)15-33(27)42(56)57)24(6-3)29(22)17-59-35(44)26-11-8-20(38(48)49)14-32(26)41(54)55/h2*7-15H,4-6,16-18H2,1-3H3. The summed E-state index contributed by atoms with van der Waals surface area (Å²) in [4.78, 5) is 207. The van der Waals surface area contributed by atoms with Crippen molar-refractivity contribution in [2.24, 2.45) is 0 Å². The number of carbonyl (C=O) groups is 6. The van der Waals surface area contributed by atoms with E-state index in [1.165, 1.54) is 0 Å². The molecule has 624 valence electrons. The molecule has 48 heteroatoms. The average Bonchev–Trinajstić information content (AvgIpc) is 0.767.